The average molecular weight is 173 g/mol. The quantitative estimate of drug-likeness (QED) is 0.629. The fourth-order valence-electron chi connectivity index (χ4n) is 0.879. The predicted octanol–water partition coefficient (Wildman–Crippen LogP) is 1.09. The Labute approximate surface area is 68.1 Å². The molecule has 0 amide bonds. The molecule has 0 unspecified atom stereocenters. The highest BCUT2D eigenvalue weighted by Gasteiger charge is 2.23. The lowest BCUT2D eigenvalue weighted by atomic mass is 10.1. The summed E-state index contributed by atoms with van der Waals surface area (Å²) < 4.78 is 24.2. The molecule has 0 spiro atoms. The second kappa shape index (κ2) is 3.42. The zero-order chi connectivity index (χ0) is 9.14. The zero-order valence-corrected chi connectivity index (χ0v) is 6.42. The van der Waals surface area contributed by atoms with Gasteiger partial charge in [-0.1, -0.05) is 0 Å². The van der Waals surface area contributed by atoms with Crippen molar-refractivity contribution in [2.75, 3.05) is 0 Å². The molecule has 0 N–H and O–H groups in total. The smallest absolute Gasteiger partial charge is 0.282 e. The summed E-state index contributed by atoms with van der Waals surface area (Å²) in [5.41, 5.74) is 3.15. The first-order chi connectivity index (χ1) is 5.61. The van der Waals surface area contributed by atoms with Crippen LogP contribution < -0.4 is 5.43 Å². The molecule has 65 valence electrons. The molecule has 1 rings (SSSR count). The number of rotatable bonds is 3. The van der Waals surface area contributed by atoms with Gasteiger partial charge in [0.2, 0.25) is 0 Å². The third-order valence-electron chi connectivity index (χ3n) is 1.35. The minimum atomic E-state index is -2.65. The molecule has 0 aromatic rings. The number of allylic oxidation sites excluding steroid dienone is 1. The second-order valence-electron chi connectivity index (χ2n) is 2.43. The van der Waals surface area contributed by atoms with E-state index in [1.807, 2.05) is 0 Å². The first-order valence-corrected chi connectivity index (χ1v) is 3.36. The van der Waals surface area contributed by atoms with E-state index in [9.17, 15) is 13.6 Å². The third-order valence-corrected chi connectivity index (χ3v) is 1.35. The lowest BCUT2D eigenvalue weighted by Gasteiger charge is -2.00. The number of alkyl halides is 2. The lowest BCUT2D eigenvalue weighted by Crippen LogP contribution is -2.12. The molecule has 0 aromatic heterocycles. The molecule has 0 saturated heterocycles. The van der Waals surface area contributed by atoms with Gasteiger partial charge in [0.25, 0.3) is 6.43 Å². The van der Waals surface area contributed by atoms with E-state index in [1.165, 1.54) is 13.1 Å². The molecule has 0 fully saturated rings. The van der Waals surface area contributed by atoms with Crippen LogP contribution in [0, 0.1) is 0 Å². The third kappa shape index (κ3) is 1.87. The van der Waals surface area contributed by atoms with Crippen LogP contribution in [0.1, 0.15) is 13.3 Å². The molecule has 0 bridgehead atoms. The number of carbonyl (C=O) groups is 1. The number of halogens is 2. The Morgan fingerprint density at radius 3 is 2.83 bits per heavy atom. The van der Waals surface area contributed by atoms with Gasteiger partial charge in [0.05, 0.1) is 6.20 Å². The molecule has 1 heterocycles. The minimum Gasteiger partial charge on any atom is -0.300 e. The van der Waals surface area contributed by atoms with Crippen LogP contribution in [0.3, 0.4) is 0 Å². The summed E-state index contributed by atoms with van der Waals surface area (Å²) in [4.78, 5) is 10.6. The van der Waals surface area contributed by atoms with Crippen LogP contribution in [0.25, 0.3) is 0 Å². The fraction of sp³-hybridized carbons (Fsp3) is 0.429. The molecule has 0 atom stereocenters. The van der Waals surface area contributed by atoms with E-state index in [0.717, 1.165) is 0 Å². The molecule has 3 nitrogen and oxygen atoms in total. The molecule has 0 saturated carbocycles. The predicted molar refractivity (Wildman–Crippen MR) is 39.0 cm³/mol. The van der Waals surface area contributed by atoms with Gasteiger partial charge in [0.1, 0.15) is 11.5 Å². The van der Waals surface area contributed by atoms with Crippen molar-refractivity contribution >= 4 is 11.5 Å². The fourth-order valence-corrected chi connectivity index (χ4v) is 0.879. The van der Waals surface area contributed by atoms with E-state index in [-0.39, 0.29) is 23.5 Å². The summed E-state index contributed by atoms with van der Waals surface area (Å²) in [6.45, 7) is 1.34. The summed E-state index contributed by atoms with van der Waals surface area (Å²) in [7, 11) is 0. The van der Waals surface area contributed by atoms with Crippen molar-refractivity contribution in [3.8, 4) is 0 Å². The highest BCUT2D eigenvalue weighted by Crippen LogP contribution is 2.15. The molecule has 5 heteroatoms. The van der Waals surface area contributed by atoms with Crippen molar-refractivity contribution in [1.29, 1.82) is 0 Å². The van der Waals surface area contributed by atoms with E-state index in [1.54, 1.807) is 0 Å². The monoisotopic (exact) mass is 173 g/mol. The van der Waals surface area contributed by atoms with Crippen LogP contribution in [0.15, 0.2) is 16.9 Å². The van der Waals surface area contributed by atoms with Crippen molar-refractivity contribution in [1.82, 2.24) is 5.43 Å². The number of Topliss-reactive ketones (excluding diaryl/α,β-unsaturated/α-hetero) is 1. The minimum absolute atomic E-state index is 0.0212. The van der Waals surface area contributed by atoms with Gasteiger partial charge >= 0.3 is 0 Å². The summed E-state index contributed by atoms with van der Waals surface area (Å²) in [5.74, 6) is -0.174. The first kappa shape index (κ1) is 8.83. The maximum atomic E-state index is 12.1. The molecule has 1 radical (unpaired) electrons. The Bertz CT molecular complexity index is 258. The molecule has 0 aliphatic carbocycles. The van der Waals surface area contributed by atoms with Gasteiger partial charge in [-0.15, -0.1) is 5.10 Å². The van der Waals surface area contributed by atoms with Crippen molar-refractivity contribution in [3.05, 3.63) is 11.8 Å². The first-order valence-electron chi connectivity index (χ1n) is 3.36. The van der Waals surface area contributed by atoms with E-state index < -0.39 is 6.43 Å². The Morgan fingerprint density at radius 1 is 1.67 bits per heavy atom. The van der Waals surface area contributed by atoms with Crippen molar-refractivity contribution in [2.45, 2.75) is 19.8 Å². The summed E-state index contributed by atoms with van der Waals surface area (Å²) in [5, 5.41) is 3.22. The molecular weight excluding hydrogens is 166 g/mol. The maximum absolute atomic E-state index is 12.1. The molecule has 12 heavy (non-hydrogen) atoms. The van der Waals surface area contributed by atoms with Crippen LogP contribution in [0.2, 0.25) is 0 Å². The summed E-state index contributed by atoms with van der Waals surface area (Å²) >= 11 is 0. The number of hydrogen-bond donors (Lipinski definition) is 0. The van der Waals surface area contributed by atoms with Gasteiger partial charge in [0, 0.05) is 12.0 Å². The number of carbonyl (C=O) groups excluding carboxylic acids is 1. The van der Waals surface area contributed by atoms with Crippen molar-refractivity contribution in [3.63, 3.8) is 0 Å². The van der Waals surface area contributed by atoms with Gasteiger partial charge in [-0.25, -0.2) is 8.78 Å². The van der Waals surface area contributed by atoms with Gasteiger partial charge < -0.3 is 0 Å². The average Bonchev–Trinajstić information content (AvgIpc) is 2.33. The second-order valence-corrected chi connectivity index (χ2v) is 2.43. The number of nitrogens with zero attached hydrogens (tertiary/aromatic N) is 2. The van der Waals surface area contributed by atoms with Crippen LogP contribution >= 0.6 is 0 Å². The Hall–Kier alpha value is -1.26. The topological polar surface area (TPSA) is 43.5 Å². The van der Waals surface area contributed by atoms with Crippen LogP contribution in [-0.4, -0.2) is 17.9 Å². The van der Waals surface area contributed by atoms with Crippen molar-refractivity contribution in [2.24, 2.45) is 5.10 Å². The highest BCUT2D eigenvalue weighted by molar-refractivity contribution is 6.06. The Kier molecular flexibility index (Phi) is 2.52. The largest absolute Gasteiger partial charge is 0.300 e. The lowest BCUT2D eigenvalue weighted by molar-refractivity contribution is -0.116. The van der Waals surface area contributed by atoms with Gasteiger partial charge in [-0.05, 0) is 6.92 Å². The Balaban J connectivity index is 2.67. The normalized spacial score (nSPS) is 15.7. The van der Waals surface area contributed by atoms with Crippen LogP contribution in [0.4, 0.5) is 8.78 Å². The SMILES string of the molecule is CC(=O)CC1=C[N]N=C1C(F)F. The standard InChI is InChI=1S/C7H7F2N2O/c1-4(12)2-5-3-10-11-6(5)7(8)9/h3,7H,2H2,1H3. The van der Waals surface area contributed by atoms with E-state index >= 15 is 0 Å². The van der Waals surface area contributed by atoms with E-state index in [0.29, 0.717) is 0 Å². The van der Waals surface area contributed by atoms with Crippen LogP contribution in [-0.2, 0) is 4.79 Å². The van der Waals surface area contributed by atoms with E-state index in [2.05, 4.69) is 10.5 Å². The maximum Gasteiger partial charge on any atom is 0.282 e. The van der Waals surface area contributed by atoms with Crippen molar-refractivity contribution < 1.29 is 13.6 Å². The number of ketones is 1. The van der Waals surface area contributed by atoms with Gasteiger partial charge in [0.15, 0.2) is 0 Å². The zero-order valence-electron chi connectivity index (χ0n) is 6.42. The summed E-state index contributed by atoms with van der Waals surface area (Å²) in [6, 6.07) is 0. The Morgan fingerprint density at radius 2 is 2.33 bits per heavy atom. The number of hydrogen-bond acceptors (Lipinski definition) is 2. The molecule has 1 aliphatic rings. The molecular formula is C7H7F2N2O. The summed E-state index contributed by atoms with van der Waals surface area (Å²) in [6.07, 6.45) is -1.47. The van der Waals surface area contributed by atoms with E-state index in [4.69, 9.17) is 0 Å². The highest BCUT2D eigenvalue weighted by atomic mass is 19.3. The molecule has 1 aliphatic heterocycles. The van der Waals surface area contributed by atoms with Crippen LogP contribution in [0.5, 0.6) is 0 Å². The van der Waals surface area contributed by atoms with Gasteiger partial charge in [-0.3, -0.25) is 4.79 Å². The van der Waals surface area contributed by atoms with Gasteiger partial charge in [-0.2, -0.15) is 5.43 Å². The molecule has 0 aromatic carbocycles.